The smallest absolute Gasteiger partial charge is 0.240 e. The van der Waals surface area contributed by atoms with Gasteiger partial charge in [0.15, 0.2) is 0 Å². The van der Waals surface area contributed by atoms with Crippen LogP contribution in [0.3, 0.4) is 0 Å². The summed E-state index contributed by atoms with van der Waals surface area (Å²) in [4.78, 5) is 14.1. The third kappa shape index (κ3) is 3.85. The van der Waals surface area contributed by atoms with Gasteiger partial charge in [0.05, 0.1) is 0 Å². The van der Waals surface area contributed by atoms with Crippen LogP contribution < -0.4 is 10.2 Å². The maximum absolute atomic E-state index is 12.1. The summed E-state index contributed by atoms with van der Waals surface area (Å²) in [6.45, 7) is 4.24. The van der Waals surface area contributed by atoms with Gasteiger partial charge in [-0.3, -0.25) is 4.79 Å². The van der Waals surface area contributed by atoms with Crippen molar-refractivity contribution >= 4 is 17.3 Å². The molecule has 0 bridgehead atoms. The van der Waals surface area contributed by atoms with Gasteiger partial charge in [0.1, 0.15) is 6.54 Å². The van der Waals surface area contributed by atoms with Crippen molar-refractivity contribution in [3.8, 4) is 0 Å². The highest BCUT2D eigenvalue weighted by molar-refractivity contribution is 5.84. The van der Waals surface area contributed by atoms with Crippen molar-refractivity contribution in [1.82, 2.24) is 5.32 Å². The second-order valence-electron chi connectivity index (χ2n) is 4.98. The van der Waals surface area contributed by atoms with Gasteiger partial charge in [-0.25, -0.2) is 0 Å². The van der Waals surface area contributed by atoms with Crippen molar-refractivity contribution in [3.63, 3.8) is 0 Å². The average Bonchev–Trinajstić information content (AvgIpc) is 2.46. The number of carbonyl (C=O) groups excluding carboxylic acids is 1. The molecule has 0 fully saturated rings. The number of hydrogen-bond donors (Lipinski definition) is 1. The van der Waals surface area contributed by atoms with Crippen molar-refractivity contribution in [3.05, 3.63) is 60.7 Å². The molecule has 0 saturated carbocycles. The topological polar surface area (TPSA) is 32.3 Å². The van der Waals surface area contributed by atoms with Gasteiger partial charge in [-0.05, 0) is 38.1 Å². The van der Waals surface area contributed by atoms with Crippen LogP contribution in [-0.2, 0) is 4.79 Å². The number of anilines is 2. The highest BCUT2D eigenvalue weighted by Crippen LogP contribution is 2.24. The lowest BCUT2D eigenvalue weighted by Crippen LogP contribution is -2.38. The summed E-state index contributed by atoms with van der Waals surface area (Å²) in [5, 5.41) is 2.93. The molecule has 0 atom stereocenters. The van der Waals surface area contributed by atoms with Gasteiger partial charge in [0.25, 0.3) is 0 Å². The van der Waals surface area contributed by atoms with Crippen LogP contribution in [0, 0.1) is 0 Å². The van der Waals surface area contributed by atoms with Crippen LogP contribution in [0.15, 0.2) is 60.7 Å². The van der Waals surface area contributed by atoms with E-state index in [-0.39, 0.29) is 11.9 Å². The number of nitrogens with one attached hydrogen (secondary N) is 1. The molecule has 3 heteroatoms. The van der Waals surface area contributed by atoms with Crippen LogP contribution in [0.25, 0.3) is 0 Å². The first kappa shape index (κ1) is 14.1. The zero-order valence-corrected chi connectivity index (χ0v) is 11.9. The lowest BCUT2D eigenvalue weighted by molar-refractivity contribution is -0.120. The van der Waals surface area contributed by atoms with Crippen molar-refractivity contribution in [2.45, 2.75) is 19.9 Å². The quantitative estimate of drug-likeness (QED) is 0.902. The van der Waals surface area contributed by atoms with Gasteiger partial charge in [0, 0.05) is 17.4 Å². The van der Waals surface area contributed by atoms with Gasteiger partial charge in [0.2, 0.25) is 5.91 Å². The molecule has 0 aliphatic carbocycles. The van der Waals surface area contributed by atoms with Crippen molar-refractivity contribution in [1.29, 1.82) is 0 Å². The zero-order chi connectivity index (χ0) is 14.4. The van der Waals surface area contributed by atoms with Crippen LogP contribution >= 0.6 is 0 Å². The molecule has 104 valence electrons. The number of nitrogens with zero attached hydrogens (tertiary/aromatic N) is 1. The van der Waals surface area contributed by atoms with Crippen LogP contribution in [0.1, 0.15) is 13.8 Å². The molecule has 1 N–H and O–H groups in total. The Hall–Kier alpha value is -2.29. The lowest BCUT2D eigenvalue weighted by atomic mass is 10.2. The minimum Gasteiger partial charge on any atom is -0.352 e. The molecule has 20 heavy (non-hydrogen) atoms. The van der Waals surface area contributed by atoms with Crippen LogP contribution in [0.2, 0.25) is 0 Å². The highest BCUT2D eigenvalue weighted by atomic mass is 16.2. The maximum atomic E-state index is 12.1. The molecular formula is C17H20N2O. The van der Waals surface area contributed by atoms with Crippen LogP contribution in [0.5, 0.6) is 0 Å². The first-order chi connectivity index (χ1) is 9.66. The fourth-order valence-electron chi connectivity index (χ4n) is 2.06. The monoisotopic (exact) mass is 268 g/mol. The summed E-state index contributed by atoms with van der Waals surface area (Å²) in [7, 11) is 0. The molecule has 0 aromatic heterocycles. The SMILES string of the molecule is CC(C)NC(=O)CN(c1ccccc1)c1ccccc1. The minimum absolute atomic E-state index is 0.0210. The molecule has 0 aliphatic rings. The van der Waals surface area contributed by atoms with E-state index in [2.05, 4.69) is 5.32 Å². The Morgan fingerprint density at radius 1 is 0.950 bits per heavy atom. The van der Waals surface area contributed by atoms with E-state index < -0.39 is 0 Å². The first-order valence-corrected chi connectivity index (χ1v) is 6.84. The molecule has 0 unspecified atom stereocenters. The third-order valence-electron chi connectivity index (χ3n) is 2.89. The molecular weight excluding hydrogens is 248 g/mol. The van der Waals surface area contributed by atoms with E-state index in [1.807, 2.05) is 79.4 Å². The van der Waals surface area contributed by atoms with E-state index in [0.29, 0.717) is 6.54 Å². The Bertz CT molecular complexity index is 498. The largest absolute Gasteiger partial charge is 0.352 e. The zero-order valence-electron chi connectivity index (χ0n) is 11.9. The number of rotatable bonds is 5. The Balaban J connectivity index is 2.24. The summed E-state index contributed by atoms with van der Waals surface area (Å²) in [6.07, 6.45) is 0. The fourth-order valence-corrected chi connectivity index (χ4v) is 2.06. The number of amides is 1. The molecule has 0 heterocycles. The Labute approximate surface area is 120 Å². The summed E-state index contributed by atoms with van der Waals surface area (Å²) >= 11 is 0. The molecule has 2 aromatic carbocycles. The standard InChI is InChI=1S/C17H20N2O/c1-14(2)18-17(20)13-19(15-9-5-3-6-10-15)16-11-7-4-8-12-16/h3-12,14H,13H2,1-2H3,(H,18,20). The molecule has 2 rings (SSSR count). The fraction of sp³-hybridized carbons (Fsp3) is 0.235. The van der Waals surface area contributed by atoms with Gasteiger partial charge in [-0.2, -0.15) is 0 Å². The summed E-state index contributed by atoms with van der Waals surface area (Å²) < 4.78 is 0. The second kappa shape index (κ2) is 6.75. The summed E-state index contributed by atoms with van der Waals surface area (Å²) in [5.41, 5.74) is 2.02. The molecule has 0 saturated heterocycles. The molecule has 2 aromatic rings. The second-order valence-corrected chi connectivity index (χ2v) is 4.98. The van der Waals surface area contributed by atoms with Gasteiger partial charge < -0.3 is 10.2 Å². The van der Waals surface area contributed by atoms with E-state index in [9.17, 15) is 4.79 Å². The molecule has 0 radical (unpaired) electrons. The van der Waals surface area contributed by atoms with E-state index in [1.54, 1.807) is 0 Å². The average molecular weight is 268 g/mol. The Kier molecular flexibility index (Phi) is 4.77. The third-order valence-corrected chi connectivity index (χ3v) is 2.89. The molecule has 0 spiro atoms. The van der Waals surface area contributed by atoms with Gasteiger partial charge in [-0.15, -0.1) is 0 Å². The first-order valence-electron chi connectivity index (χ1n) is 6.84. The van der Waals surface area contributed by atoms with Gasteiger partial charge in [-0.1, -0.05) is 36.4 Å². The Morgan fingerprint density at radius 2 is 1.40 bits per heavy atom. The van der Waals surface area contributed by atoms with E-state index in [1.165, 1.54) is 0 Å². The van der Waals surface area contributed by atoms with E-state index in [4.69, 9.17) is 0 Å². The number of benzene rings is 2. The van der Waals surface area contributed by atoms with Crippen molar-refractivity contribution < 1.29 is 4.79 Å². The van der Waals surface area contributed by atoms with Gasteiger partial charge >= 0.3 is 0 Å². The van der Waals surface area contributed by atoms with E-state index in [0.717, 1.165) is 11.4 Å². The predicted molar refractivity (Wildman–Crippen MR) is 83.2 cm³/mol. The number of carbonyl (C=O) groups is 1. The molecule has 0 aliphatic heterocycles. The highest BCUT2D eigenvalue weighted by Gasteiger charge is 2.13. The normalized spacial score (nSPS) is 10.3. The van der Waals surface area contributed by atoms with Crippen LogP contribution in [0.4, 0.5) is 11.4 Å². The minimum atomic E-state index is 0.0210. The predicted octanol–water partition coefficient (Wildman–Crippen LogP) is 3.35. The summed E-state index contributed by atoms with van der Waals surface area (Å²) in [5.74, 6) is 0.0210. The number of para-hydroxylation sites is 2. The van der Waals surface area contributed by atoms with Crippen molar-refractivity contribution in [2.24, 2.45) is 0 Å². The lowest BCUT2D eigenvalue weighted by Gasteiger charge is -2.25. The maximum Gasteiger partial charge on any atom is 0.240 e. The molecule has 1 amide bonds. The number of hydrogen-bond acceptors (Lipinski definition) is 2. The van der Waals surface area contributed by atoms with E-state index >= 15 is 0 Å². The van der Waals surface area contributed by atoms with Crippen LogP contribution in [-0.4, -0.2) is 18.5 Å². The Morgan fingerprint density at radius 3 is 1.80 bits per heavy atom. The summed E-state index contributed by atoms with van der Waals surface area (Å²) in [6, 6.07) is 20.0. The molecule has 3 nitrogen and oxygen atoms in total. The van der Waals surface area contributed by atoms with Crippen molar-refractivity contribution in [2.75, 3.05) is 11.4 Å².